The third kappa shape index (κ3) is 5.45. The predicted octanol–water partition coefficient (Wildman–Crippen LogP) is 4.43. The fourth-order valence-electron chi connectivity index (χ4n) is 3.42. The Hall–Kier alpha value is -3.66. The number of carbonyl (C=O) groups is 1. The molecule has 1 amide bonds. The summed E-state index contributed by atoms with van der Waals surface area (Å²) >= 11 is 0. The highest BCUT2D eigenvalue weighted by Crippen LogP contribution is 2.32. The molecule has 0 saturated heterocycles. The van der Waals surface area contributed by atoms with E-state index >= 15 is 0 Å². The number of methoxy groups -OCH3 is 2. The maximum Gasteiger partial charge on any atom is 0.264 e. The first-order chi connectivity index (χ1) is 16.0. The molecular formula is C24H24F2N2O5S. The van der Waals surface area contributed by atoms with E-state index in [2.05, 4.69) is 5.32 Å². The topological polar surface area (TPSA) is 84.9 Å². The lowest BCUT2D eigenvalue weighted by molar-refractivity contribution is -0.114. The Labute approximate surface area is 197 Å². The van der Waals surface area contributed by atoms with Gasteiger partial charge in [0, 0.05) is 12.1 Å². The number of benzene rings is 3. The van der Waals surface area contributed by atoms with Gasteiger partial charge in [0.15, 0.2) is 11.5 Å². The van der Waals surface area contributed by atoms with Gasteiger partial charge in [0.05, 0.1) is 30.5 Å². The molecule has 0 fully saturated rings. The van der Waals surface area contributed by atoms with Gasteiger partial charge in [-0.05, 0) is 61.4 Å². The lowest BCUT2D eigenvalue weighted by Crippen LogP contribution is -2.38. The third-order valence-corrected chi connectivity index (χ3v) is 6.70. The number of hydrogen-bond donors (Lipinski definition) is 1. The van der Waals surface area contributed by atoms with Crippen LogP contribution in [0.3, 0.4) is 0 Å². The van der Waals surface area contributed by atoms with Crippen LogP contribution in [-0.2, 0) is 14.8 Å². The maximum absolute atomic E-state index is 14.0. The molecule has 3 rings (SSSR count). The van der Waals surface area contributed by atoms with Gasteiger partial charge >= 0.3 is 0 Å². The molecule has 0 bridgehead atoms. The van der Waals surface area contributed by atoms with E-state index in [-0.39, 0.29) is 22.0 Å². The number of rotatable bonds is 8. The Morgan fingerprint density at radius 3 is 2.15 bits per heavy atom. The lowest BCUT2D eigenvalue weighted by atomic mass is 10.1. The molecule has 0 aliphatic heterocycles. The van der Waals surface area contributed by atoms with Crippen LogP contribution < -0.4 is 19.1 Å². The van der Waals surface area contributed by atoms with Gasteiger partial charge in [0.2, 0.25) is 5.91 Å². The zero-order valence-corrected chi connectivity index (χ0v) is 19.9. The molecule has 0 aliphatic carbocycles. The van der Waals surface area contributed by atoms with Crippen molar-refractivity contribution in [2.45, 2.75) is 18.7 Å². The zero-order valence-electron chi connectivity index (χ0n) is 19.1. The standard InChI is InChI=1S/C24H24F2N2O5S/c1-15-9-16(2)11-18(10-15)28(14-24(29)27-21-7-5-17(25)12-20(21)26)34(30,31)19-6-8-22(32-3)23(13-19)33-4/h5-13H,14H2,1-4H3,(H,27,29). The normalized spacial score (nSPS) is 11.1. The molecule has 180 valence electrons. The highest BCUT2D eigenvalue weighted by atomic mass is 32.2. The van der Waals surface area contributed by atoms with Crippen LogP contribution in [0.5, 0.6) is 11.5 Å². The minimum atomic E-state index is -4.27. The number of amides is 1. The summed E-state index contributed by atoms with van der Waals surface area (Å²) in [5, 5.41) is 2.30. The molecule has 0 radical (unpaired) electrons. The van der Waals surface area contributed by atoms with Crippen molar-refractivity contribution in [2.24, 2.45) is 0 Å². The quantitative estimate of drug-likeness (QED) is 0.505. The molecule has 34 heavy (non-hydrogen) atoms. The Kier molecular flexibility index (Phi) is 7.41. The summed E-state index contributed by atoms with van der Waals surface area (Å²) in [6.07, 6.45) is 0. The largest absolute Gasteiger partial charge is 0.493 e. The molecule has 0 aliphatic rings. The average Bonchev–Trinajstić information content (AvgIpc) is 2.78. The molecule has 0 aromatic heterocycles. The van der Waals surface area contributed by atoms with Crippen LogP contribution in [0.25, 0.3) is 0 Å². The van der Waals surface area contributed by atoms with E-state index in [1.165, 1.54) is 32.4 Å². The van der Waals surface area contributed by atoms with Gasteiger partial charge < -0.3 is 14.8 Å². The van der Waals surface area contributed by atoms with Crippen LogP contribution in [0.2, 0.25) is 0 Å². The second-order valence-electron chi connectivity index (χ2n) is 7.55. The summed E-state index contributed by atoms with van der Waals surface area (Å²) in [5.74, 6) is -2.06. The van der Waals surface area contributed by atoms with Crippen LogP contribution in [-0.4, -0.2) is 35.1 Å². The number of hydrogen-bond acceptors (Lipinski definition) is 5. The second-order valence-corrected chi connectivity index (χ2v) is 9.41. The van der Waals surface area contributed by atoms with E-state index in [0.29, 0.717) is 11.8 Å². The van der Waals surface area contributed by atoms with E-state index in [4.69, 9.17) is 9.47 Å². The van der Waals surface area contributed by atoms with Crippen molar-refractivity contribution in [3.8, 4) is 11.5 Å². The van der Waals surface area contributed by atoms with Gasteiger partial charge in [-0.1, -0.05) is 6.07 Å². The van der Waals surface area contributed by atoms with E-state index in [0.717, 1.165) is 27.6 Å². The molecule has 0 unspecified atom stereocenters. The van der Waals surface area contributed by atoms with Crippen LogP contribution in [0.4, 0.5) is 20.2 Å². The van der Waals surface area contributed by atoms with Gasteiger partial charge in [-0.25, -0.2) is 17.2 Å². The number of nitrogens with one attached hydrogen (secondary N) is 1. The molecule has 3 aromatic rings. The Balaban J connectivity index is 2.04. The number of anilines is 2. The summed E-state index contributed by atoms with van der Waals surface area (Å²) in [4.78, 5) is 12.6. The molecule has 0 heterocycles. The van der Waals surface area contributed by atoms with Crippen molar-refractivity contribution >= 4 is 27.3 Å². The molecule has 3 aromatic carbocycles. The van der Waals surface area contributed by atoms with Crippen molar-refractivity contribution < 1.29 is 31.5 Å². The van der Waals surface area contributed by atoms with Gasteiger partial charge in [0.1, 0.15) is 18.2 Å². The SMILES string of the molecule is COc1ccc(S(=O)(=O)N(CC(=O)Nc2ccc(F)cc2F)c2cc(C)cc(C)c2)cc1OC. The number of carbonyl (C=O) groups excluding carboxylic acids is 1. The van der Waals surface area contributed by atoms with Gasteiger partial charge in [-0.2, -0.15) is 0 Å². The second kappa shape index (κ2) is 10.1. The van der Waals surface area contributed by atoms with E-state index in [9.17, 15) is 22.0 Å². The number of sulfonamides is 1. The fraction of sp³-hybridized carbons (Fsp3) is 0.208. The molecule has 10 heteroatoms. The molecule has 1 N–H and O–H groups in total. The van der Waals surface area contributed by atoms with Crippen LogP contribution in [0.1, 0.15) is 11.1 Å². The average molecular weight is 491 g/mol. The number of ether oxygens (including phenoxy) is 2. The Morgan fingerprint density at radius 2 is 1.56 bits per heavy atom. The number of aryl methyl sites for hydroxylation is 2. The van der Waals surface area contributed by atoms with Gasteiger partial charge in [0.25, 0.3) is 10.0 Å². The van der Waals surface area contributed by atoms with Gasteiger partial charge in [-0.15, -0.1) is 0 Å². The first-order valence-corrected chi connectivity index (χ1v) is 11.6. The van der Waals surface area contributed by atoms with Crippen LogP contribution >= 0.6 is 0 Å². The van der Waals surface area contributed by atoms with Crippen molar-refractivity contribution in [3.05, 3.63) is 77.4 Å². The van der Waals surface area contributed by atoms with Crippen LogP contribution in [0.15, 0.2) is 59.5 Å². The highest BCUT2D eigenvalue weighted by Gasteiger charge is 2.29. The molecule has 0 saturated carbocycles. The Bertz CT molecular complexity index is 1310. The maximum atomic E-state index is 14.0. The molecule has 0 atom stereocenters. The van der Waals surface area contributed by atoms with Crippen molar-refractivity contribution in [1.82, 2.24) is 0 Å². The first kappa shape index (κ1) is 25.0. The lowest BCUT2D eigenvalue weighted by Gasteiger charge is -2.25. The van der Waals surface area contributed by atoms with E-state index in [1.54, 1.807) is 26.0 Å². The number of nitrogens with zero attached hydrogens (tertiary/aromatic N) is 1. The van der Waals surface area contributed by atoms with Gasteiger partial charge in [-0.3, -0.25) is 9.10 Å². The minimum Gasteiger partial charge on any atom is -0.493 e. The van der Waals surface area contributed by atoms with Crippen molar-refractivity contribution in [2.75, 3.05) is 30.4 Å². The molecule has 0 spiro atoms. The summed E-state index contributed by atoms with van der Waals surface area (Å²) in [6, 6.07) is 11.8. The first-order valence-electron chi connectivity index (χ1n) is 10.1. The predicted molar refractivity (Wildman–Crippen MR) is 125 cm³/mol. The monoisotopic (exact) mass is 490 g/mol. The van der Waals surface area contributed by atoms with E-state index < -0.39 is 34.1 Å². The summed E-state index contributed by atoms with van der Waals surface area (Å²) in [7, 11) is -1.47. The third-order valence-electron chi connectivity index (χ3n) is 4.93. The Morgan fingerprint density at radius 1 is 0.912 bits per heavy atom. The van der Waals surface area contributed by atoms with E-state index in [1.807, 2.05) is 6.07 Å². The van der Waals surface area contributed by atoms with Crippen LogP contribution in [0, 0.1) is 25.5 Å². The van der Waals surface area contributed by atoms with Crippen molar-refractivity contribution in [3.63, 3.8) is 0 Å². The van der Waals surface area contributed by atoms with Crippen molar-refractivity contribution in [1.29, 1.82) is 0 Å². The number of halogens is 2. The minimum absolute atomic E-state index is 0.134. The highest BCUT2D eigenvalue weighted by molar-refractivity contribution is 7.92. The fourth-order valence-corrected chi connectivity index (χ4v) is 4.85. The zero-order chi connectivity index (χ0) is 25.0. The smallest absolute Gasteiger partial charge is 0.264 e. The molecular weight excluding hydrogens is 466 g/mol. The summed E-state index contributed by atoms with van der Waals surface area (Å²) in [5.41, 5.74) is 1.55. The summed E-state index contributed by atoms with van der Waals surface area (Å²) < 4.78 is 65.8. The summed E-state index contributed by atoms with van der Waals surface area (Å²) in [6.45, 7) is 2.94. The molecule has 7 nitrogen and oxygen atoms in total.